The van der Waals surface area contributed by atoms with Gasteiger partial charge in [0.1, 0.15) is 5.69 Å². The van der Waals surface area contributed by atoms with Crippen molar-refractivity contribution in [2.75, 3.05) is 12.4 Å². The van der Waals surface area contributed by atoms with Gasteiger partial charge in [-0.15, -0.1) is 0 Å². The molecule has 0 fully saturated rings. The molecule has 5 nitrogen and oxygen atoms in total. The van der Waals surface area contributed by atoms with Crippen molar-refractivity contribution in [3.8, 4) is 22.8 Å². The minimum Gasteiger partial charge on any atom is -0.504 e. The third-order valence-electron chi connectivity index (χ3n) is 4.41. The zero-order valence-electron chi connectivity index (χ0n) is 13.8. The number of methoxy groups -OCH3 is 1. The first-order valence-electron chi connectivity index (χ1n) is 7.99. The zero-order chi connectivity index (χ0) is 18.3. The van der Waals surface area contributed by atoms with Crippen molar-refractivity contribution in [1.82, 2.24) is 4.37 Å². The van der Waals surface area contributed by atoms with Crippen molar-refractivity contribution in [1.29, 1.82) is 0 Å². The molecule has 1 aromatic heterocycles. The standard InChI is InChI=1S/C19H15ClN2O3S/c1-25-15-8-11(4-7-14(15)23)13-9-16(24)21-18-17(22-26-19(13)18)10-2-5-12(20)6-3-10/h2-8,13,23H,9H2,1H3,(H,21,24)/t13-/m0/s1. The fourth-order valence-electron chi connectivity index (χ4n) is 3.11. The van der Waals surface area contributed by atoms with Gasteiger partial charge in [0, 0.05) is 22.9 Å². The fraction of sp³-hybridized carbons (Fsp3) is 0.158. The molecule has 1 amide bonds. The summed E-state index contributed by atoms with van der Waals surface area (Å²) in [4.78, 5) is 13.3. The van der Waals surface area contributed by atoms with Gasteiger partial charge < -0.3 is 15.2 Å². The summed E-state index contributed by atoms with van der Waals surface area (Å²) in [5, 5.41) is 13.4. The van der Waals surface area contributed by atoms with Crippen molar-refractivity contribution >= 4 is 34.7 Å². The minimum atomic E-state index is -0.133. The van der Waals surface area contributed by atoms with E-state index >= 15 is 0 Å². The summed E-state index contributed by atoms with van der Waals surface area (Å²) in [6.07, 6.45) is 0.323. The Morgan fingerprint density at radius 1 is 1.27 bits per heavy atom. The summed E-state index contributed by atoms with van der Waals surface area (Å²) in [7, 11) is 1.50. The Morgan fingerprint density at radius 2 is 2.04 bits per heavy atom. The molecule has 2 N–H and O–H groups in total. The molecule has 3 aromatic rings. The van der Waals surface area contributed by atoms with Crippen molar-refractivity contribution in [3.05, 3.63) is 57.9 Å². The number of hydrogen-bond acceptors (Lipinski definition) is 5. The summed E-state index contributed by atoms with van der Waals surface area (Å²) in [5.41, 5.74) is 3.29. The number of aromatic nitrogens is 1. The van der Waals surface area contributed by atoms with E-state index in [9.17, 15) is 9.90 Å². The fourth-order valence-corrected chi connectivity index (χ4v) is 4.21. The van der Waals surface area contributed by atoms with Gasteiger partial charge in [0.2, 0.25) is 5.91 Å². The predicted octanol–water partition coefficient (Wildman–Crippen LogP) is 4.65. The van der Waals surface area contributed by atoms with Gasteiger partial charge in [-0.05, 0) is 41.4 Å². The van der Waals surface area contributed by atoms with Crippen LogP contribution < -0.4 is 10.1 Å². The van der Waals surface area contributed by atoms with Crippen LogP contribution in [0.2, 0.25) is 5.02 Å². The minimum absolute atomic E-state index is 0.0649. The number of halogens is 1. The molecule has 4 rings (SSSR count). The van der Waals surface area contributed by atoms with Crippen LogP contribution in [0.15, 0.2) is 42.5 Å². The lowest BCUT2D eigenvalue weighted by Crippen LogP contribution is -2.22. The molecule has 1 aliphatic heterocycles. The number of benzene rings is 2. The first kappa shape index (κ1) is 16.9. The first-order chi connectivity index (χ1) is 12.6. The van der Waals surface area contributed by atoms with Crippen molar-refractivity contribution in [2.24, 2.45) is 0 Å². The largest absolute Gasteiger partial charge is 0.504 e. The van der Waals surface area contributed by atoms with Crippen LogP contribution in [0.25, 0.3) is 11.3 Å². The summed E-state index contributed by atoms with van der Waals surface area (Å²) in [5.74, 6) is 0.261. The van der Waals surface area contributed by atoms with Crippen molar-refractivity contribution in [3.63, 3.8) is 0 Å². The molecule has 0 spiro atoms. The summed E-state index contributed by atoms with van der Waals surface area (Å²) >= 11 is 7.34. The van der Waals surface area contributed by atoms with Gasteiger partial charge >= 0.3 is 0 Å². The SMILES string of the molecule is COc1cc([C@@H]2CC(=O)Nc3c(-c4ccc(Cl)cc4)nsc32)ccc1O. The van der Waals surface area contributed by atoms with Gasteiger partial charge in [0.15, 0.2) is 11.5 Å². The van der Waals surface area contributed by atoms with Crippen LogP contribution in [0, 0.1) is 0 Å². The predicted molar refractivity (Wildman–Crippen MR) is 102 cm³/mol. The summed E-state index contributed by atoms with van der Waals surface area (Å²) in [6, 6.07) is 12.5. The molecule has 132 valence electrons. The van der Waals surface area contributed by atoms with Gasteiger partial charge in [-0.25, -0.2) is 0 Å². The Balaban J connectivity index is 1.80. The number of amides is 1. The maximum absolute atomic E-state index is 12.3. The average Bonchev–Trinajstić information content (AvgIpc) is 3.06. The molecule has 1 atom stereocenters. The van der Waals surface area contributed by atoms with Crippen LogP contribution in [-0.4, -0.2) is 22.5 Å². The number of carbonyl (C=O) groups is 1. The van der Waals surface area contributed by atoms with Crippen LogP contribution in [-0.2, 0) is 4.79 Å². The number of phenols is 1. The topological polar surface area (TPSA) is 71.5 Å². The number of fused-ring (bicyclic) bond motifs is 1. The molecule has 0 aliphatic carbocycles. The molecule has 0 unspecified atom stereocenters. The second-order valence-corrected chi connectivity index (χ2v) is 7.25. The van der Waals surface area contributed by atoms with Crippen molar-refractivity contribution in [2.45, 2.75) is 12.3 Å². The summed E-state index contributed by atoms with van der Waals surface area (Å²) in [6.45, 7) is 0. The number of hydrogen-bond donors (Lipinski definition) is 2. The van der Waals surface area contributed by atoms with E-state index in [0.717, 1.165) is 27.4 Å². The lowest BCUT2D eigenvalue weighted by molar-refractivity contribution is -0.116. The van der Waals surface area contributed by atoms with Crippen LogP contribution in [0.5, 0.6) is 11.5 Å². The number of ether oxygens (including phenoxy) is 1. The van der Waals surface area contributed by atoms with Gasteiger partial charge in [-0.1, -0.05) is 29.8 Å². The van der Waals surface area contributed by atoms with E-state index in [4.69, 9.17) is 16.3 Å². The van der Waals surface area contributed by atoms with Crippen LogP contribution in [0.1, 0.15) is 22.8 Å². The van der Waals surface area contributed by atoms with Gasteiger partial charge in [0.25, 0.3) is 0 Å². The number of aromatic hydroxyl groups is 1. The normalized spacial score (nSPS) is 16.1. The number of nitrogens with one attached hydrogen (secondary N) is 1. The van der Waals surface area contributed by atoms with E-state index in [2.05, 4.69) is 9.69 Å². The molecule has 2 heterocycles. The number of carbonyl (C=O) groups excluding carboxylic acids is 1. The first-order valence-corrected chi connectivity index (χ1v) is 9.14. The van der Waals surface area contributed by atoms with E-state index in [-0.39, 0.29) is 17.6 Å². The highest BCUT2D eigenvalue weighted by Crippen LogP contribution is 2.45. The third kappa shape index (κ3) is 2.91. The highest BCUT2D eigenvalue weighted by atomic mass is 35.5. The highest BCUT2D eigenvalue weighted by molar-refractivity contribution is 7.07. The lowest BCUT2D eigenvalue weighted by atomic mass is 9.89. The Morgan fingerprint density at radius 3 is 2.77 bits per heavy atom. The van der Waals surface area contributed by atoms with Gasteiger partial charge in [0.05, 0.1) is 17.7 Å². The van der Waals surface area contributed by atoms with E-state index in [0.29, 0.717) is 17.2 Å². The molecule has 0 saturated carbocycles. The Bertz CT molecular complexity index is 985. The molecule has 2 aromatic carbocycles. The molecule has 0 saturated heterocycles. The Kier molecular flexibility index (Phi) is 4.30. The Labute approximate surface area is 159 Å². The number of rotatable bonds is 3. The molecular formula is C19H15ClN2O3S. The third-order valence-corrected chi connectivity index (χ3v) is 5.62. The Hall–Kier alpha value is -2.57. The maximum atomic E-state index is 12.3. The van der Waals surface area contributed by atoms with E-state index in [1.807, 2.05) is 18.2 Å². The van der Waals surface area contributed by atoms with Gasteiger partial charge in [-0.3, -0.25) is 4.79 Å². The van der Waals surface area contributed by atoms with Crippen LogP contribution >= 0.6 is 23.1 Å². The van der Waals surface area contributed by atoms with Crippen LogP contribution in [0.4, 0.5) is 5.69 Å². The molecule has 0 radical (unpaired) electrons. The van der Waals surface area contributed by atoms with Gasteiger partial charge in [-0.2, -0.15) is 4.37 Å². The monoisotopic (exact) mass is 386 g/mol. The zero-order valence-corrected chi connectivity index (χ0v) is 15.4. The number of nitrogens with zero attached hydrogens (tertiary/aromatic N) is 1. The molecular weight excluding hydrogens is 372 g/mol. The lowest BCUT2D eigenvalue weighted by Gasteiger charge is -2.23. The van der Waals surface area contributed by atoms with E-state index in [1.54, 1.807) is 24.3 Å². The molecule has 7 heteroatoms. The van der Waals surface area contributed by atoms with Crippen molar-refractivity contribution < 1.29 is 14.6 Å². The quantitative estimate of drug-likeness (QED) is 0.687. The molecule has 26 heavy (non-hydrogen) atoms. The summed E-state index contributed by atoms with van der Waals surface area (Å²) < 4.78 is 9.77. The number of phenolic OH excluding ortho intramolecular Hbond substituents is 1. The smallest absolute Gasteiger partial charge is 0.225 e. The highest BCUT2D eigenvalue weighted by Gasteiger charge is 2.32. The van der Waals surface area contributed by atoms with E-state index < -0.39 is 0 Å². The van der Waals surface area contributed by atoms with E-state index in [1.165, 1.54) is 18.6 Å². The number of anilines is 1. The molecule has 1 aliphatic rings. The van der Waals surface area contributed by atoms with Crippen LogP contribution in [0.3, 0.4) is 0 Å². The maximum Gasteiger partial charge on any atom is 0.225 e. The second kappa shape index (κ2) is 6.63. The second-order valence-electron chi connectivity index (χ2n) is 6.01. The average molecular weight is 387 g/mol. The molecule has 0 bridgehead atoms.